The van der Waals surface area contributed by atoms with Gasteiger partial charge in [0.1, 0.15) is 5.60 Å². The summed E-state index contributed by atoms with van der Waals surface area (Å²) in [6.45, 7) is 3.24. The number of nitrogens with zero attached hydrogens (tertiary/aromatic N) is 1. The molecule has 2 aliphatic rings. The van der Waals surface area contributed by atoms with Gasteiger partial charge in [0.05, 0.1) is 0 Å². The molecule has 3 nitrogen and oxygen atoms in total. The van der Waals surface area contributed by atoms with Gasteiger partial charge in [0.2, 0.25) is 0 Å². The van der Waals surface area contributed by atoms with Crippen molar-refractivity contribution >= 4 is 0 Å². The predicted octanol–water partition coefficient (Wildman–Crippen LogP) is 4.29. The van der Waals surface area contributed by atoms with Gasteiger partial charge in [0, 0.05) is 25.8 Å². The van der Waals surface area contributed by atoms with Gasteiger partial charge in [-0.15, -0.1) is 0 Å². The minimum absolute atomic E-state index is 0.170. The Labute approximate surface area is 150 Å². The Kier molecular flexibility index (Phi) is 4.89. The second-order valence-corrected chi connectivity index (χ2v) is 7.24. The number of likely N-dealkylation sites (tertiary alicyclic amines) is 1. The number of aryl methyl sites for hydroxylation is 1. The zero-order valence-electron chi connectivity index (χ0n) is 15.0. The number of benzene rings is 2. The summed E-state index contributed by atoms with van der Waals surface area (Å²) in [6, 6.07) is 19.3. The van der Waals surface area contributed by atoms with Crippen molar-refractivity contribution in [2.45, 2.75) is 37.6 Å². The fraction of sp³-hybridized carbons (Fsp3) is 0.455. The van der Waals surface area contributed by atoms with Gasteiger partial charge in [0.25, 0.3) is 0 Å². The summed E-state index contributed by atoms with van der Waals surface area (Å²) in [4.78, 5) is 2.56. The molecule has 0 aliphatic carbocycles. The molecule has 2 heterocycles. The fourth-order valence-corrected chi connectivity index (χ4v) is 4.30. The Balaban J connectivity index is 1.33. The highest BCUT2D eigenvalue weighted by Gasteiger charge is 2.49. The van der Waals surface area contributed by atoms with Crippen LogP contribution in [-0.2, 0) is 21.5 Å². The minimum Gasteiger partial charge on any atom is -0.352 e. The van der Waals surface area contributed by atoms with E-state index in [2.05, 4.69) is 59.5 Å². The van der Waals surface area contributed by atoms with E-state index in [4.69, 9.17) is 9.47 Å². The standard InChI is InChI=1S/C22H27NO2/c1-24-21-19-12-5-6-13-20(19)22(25-21)14-16-23(17-22)15-8-7-11-18-9-3-2-4-10-18/h2-6,9-10,12-13,21H,7-8,11,14-17H2,1H3. The average Bonchev–Trinajstić information content (AvgIpc) is 3.22. The number of rotatable bonds is 6. The highest BCUT2D eigenvalue weighted by atomic mass is 16.7. The third kappa shape index (κ3) is 3.37. The van der Waals surface area contributed by atoms with E-state index in [1.54, 1.807) is 7.11 Å². The van der Waals surface area contributed by atoms with Gasteiger partial charge in [0.15, 0.2) is 6.29 Å². The maximum atomic E-state index is 6.37. The molecule has 1 spiro atoms. The quantitative estimate of drug-likeness (QED) is 0.734. The summed E-state index contributed by atoms with van der Waals surface area (Å²) in [5, 5.41) is 0. The molecule has 132 valence electrons. The Morgan fingerprint density at radius 3 is 2.72 bits per heavy atom. The van der Waals surface area contributed by atoms with E-state index in [0.29, 0.717) is 0 Å². The molecule has 0 saturated carbocycles. The van der Waals surface area contributed by atoms with Gasteiger partial charge >= 0.3 is 0 Å². The van der Waals surface area contributed by atoms with Crippen molar-refractivity contribution in [3.8, 4) is 0 Å². The highest BCUT2D eigenvalue weighted by Crippen LogP contribution is 2.48. The molecule has 3 heteroatoms. The first-order valence-corrected chi connectivity index (χ1v) is 9.37. The minimum atomic E-state index is -0.214. The number of hydrogen-bond donors (Lipinski definition) is 0. The summed E-state index contributed by atoms with van der Waals surface area (Å²) < 4.78 is 11.9. The summed E-state index contributed by atoms with van der Waals surface area (Å²) in [5.74, 6) is 0. The molecule has 0 aromatic heterocycles. The molecule has 25 heavy (non-hydrogen) atoms. The smallest absolute Gasteiger partial charge is 0.184 e. The molecule has 4 rings (SSSR count). The van der Waals surface area contributed by atoms with Gasteiger partial charge in [-0.05, 0) is 43.4 Å². The van der Waals surface area contributed by atoms with Crippen LogP contribution in [0.1, 0.15) is 42.2 Å². The van der Waals surface area contributed by atoms with Crippen LogP contribution in [0.3, 0.4) is 0 Å². The maximum Gasteiger partial charge on any atom is 0.184 e. The first-order valence-electron chi connectivity index (χ1n) is 9.37. The Hall–Kier alpha value is -1.68. The Bertz CT molecular complexity index is 702. The SMILES string of the molecule is COC1OC2(CCN(CCCCc3ccccc3)C2)c2ccccc21. The fourth-order valence-electron chi connectivity index (χ4n) is 4.30. The zero-order valence-corrected chi connectivity index (χ0v) is 15.0. The monoisotopic (exact) mass is 337 g/mol. The van der Waals surface area contributed by atoms with Crippen molar-refractivity contribution in [2.75, 3.05) is 26.7 Å². The molecule has 0 amide bonds. The van der Waals surface area contributed by atoms with E-state index in [1.807, 2.05) is 0 Å². The Morgan fingerprint density at radius 2 is 1.88 bits per heavy atom. The third-order valence-electron chi connectivity index (χ3n) is 5.60. The number of hydrogen-bond acceptors (Lipinski definition) is 3. The van der Waals surface area contributed by atoms with Crippen LogP contribution in [0.15, 0.2) is 54.6 Å². The molecule has 2 aliphatic heterocycles. The normalized spacial score (nSPS) is 25.6. The lowest BCUT2D eigenvalue weighted by atomic mass is 9.91. The van der Waals surface area contributed by atoms with Crippen LogP contribution in [0.25, 0.3) is 0 Å². The van der Waals surface area contributed by atoms with E-state index in [1.165, 1.54) is 36.0 Å². The lowest BCUT2D eigenvalue weighted by molar-refractivity contribution is -0.183. The molecular weight excluding hydrogens is 310 g/mol. The number of fused-ring (bicyclic) bond motifs is 2. The van der Waals surface area contributed by atoms with Crippen LogP contribution < -0.4 is 0 Å². The topological polar surface area (TPSA) is 21.7 Å². The van der Waals surface area contributed by atoms with E-state index in [-0.39, 0.29) is 11.9 Å². The summed E-state index contributed by atoms with van der Waals surface area (Å²) in [6.07, 6.45) is 4.49. The molecule has 2 aromatic rings. The second-order valence-electron chi connectivity index (χ2n) is 7.24. The van der Waals surface area contributed by atoms with Crippen molar-refractivity contribution in [3.05, 3.63) is 71.3 Å². The van der Waals surface area contributed by atoms with Gasteiger partial charge in [-0.25, -0.2) is 0 Å². The molecular formula is C22H27NO2. The van der Waals surface area contributed by atoms with E-state index >= 15 is 0 Å². The van der Waals surface area contributed by atoms with Crippen LogP contribution in [0.5, 0.6) is 0 Å². The molecule has 1 fully saturated rings. The van der Waals surface area contributed by atoms with Crippen LogP contribution in [0.2, 0.25) is 0 Å². The molecule has 0 radical (unpaired) electrons. The van der Waals surface area contributed by atoms with Gasteiger partial charge in [-0.2, -0.15) is 0 Å². The van der Waals surface area contributed by atoms with Gasteiger partial charge < -0.3 is 9.47 Å². The van der Waals surface area contributed by atoms with Gasteiger partial charge in [-0.3, -0.25) is 4.90 Å². The first kappa shape index (κ1) is 16.8. The molecule has 0 bridgehead atoms. The highest BCUT2D eigenvalue weighted by molar-refractivity contribution is 5.38. The van der Waals surface area contributed by atoms with Crippen LogP contribution in [-0.4, -0.2) is 31.6 Å². The lowest BCUT2D eigenvalue weighted by Crippen LogP contribution is -2.31. The molecule has 1 saturated heterocycles. The maximum absolute atomic E-state index is 6.37. The summed E-state index contributed by atoms with van der Waals surface area (Å²) in [5.41, 5.74) is 3.80. The van der Waals surface area contributed by atoms with Crippen molar-refractivity contribution in [1.82, 2.24) is 4.90 Å². The van der Waals surface area contributed by atoms with Crippen molar-refractivity contribution in [2.24, 2.45) is 0 Å². The van der Waals surface area contributed by atoms with E-state index in [0.717, 1.165) is 26.1 Å². The predicted molar refractivity (Wildman–Crippen MR) is 99.4 cm³/mol. The molecule has 2 aromatic carbocycles. The number of methoxy groups -OCH3 is 1. The molecule has 2 unspecified atom stereocenters. The zero-order chi connectivity index (χ0) is 17.1. The first-order chi connectivity index (χ1) is 12.3. The van der Waals surface area contributed by atoms with Crippen molar-refractivity contribution in [1.29, 1.82) is 0 Å². The number of ether oxygens (including phenoxy) is 2. The van der Waals surface area contributed by atoms with Crippen LogP contribution in [0, 0.1) is 0 Å². The summed E-state index contributed by atoms with van der Waals surface area (Å²) in [7, 11) is 1.73. The average molecular weight is 337 g/mol. The van der Waals surface area contributed by atoms with E-state index < -0.39 is 0 Å². The van der Waals surface area contributed by atoms with Crippen molar-refractivity contribution < 1.29 is 9.47 Å². The third-order valence-corrected chi connectivity index (χ3v) is 5.60. The van der Waals surface area contributed by atoms with Crippen molar-refractivity contribution in [3.63, 3.8) is 0 Å². The summed E-state index contributed by atoms with van der Waals surface area (Å²) >= 11 is 0. The molecule has 0 N–H and O–H groups in total. The largest absolute Gasteiger partial charge is 0.352 e. The Morgan fingerprint density at radius 1 is 1.08 bits per heavy atom. The number of unbranched alkanes of at least 4 members (excludes halogenated alkanes) is 1. The lowest BCUT2D eigenvalue weighted by Gasteiger charge is -2.25. The second kappa shape index (κ2) is 7.28. The van der Waals surface area contributed by atoms with Crippen LogP contribution in [0.4, 0.5) is 0 Å². The molecule has 2 atom stereocenters. The van der Waals surface area contributed by atoms with E-state index in [9.17, 15) is 0 Å². The van der Waals surface area contributed by atoms with Crippen LogP contribution >= 0.6 is 0 Å². The van der Waals surface area contributed by atoms with Gasteiger partial charge in [-0.1, -0.05) is 54.6 Å².